The van der Waals surface area contributed by atoms with Crippen molar-refractivity contribution in [1.82, 2.24) is 14.8 Å². The summed E-state index contributed by atoms with van der Waals surface area (Å²) in [6, 6.07) is 18.5. The highest BCUT2D eigenvalue weighted by molar-refractivity contribution is 5.82. The number of aromatic nitrogens is 3. The van der Waals surface area contributed by atoms with Crippen molar-refractivity contribution in [2.45, 2.75) is 19.3 Å². The molecule has 29 heavy (non-hydrogen) atoms. The van der Waals surface area contributed by atoms with E-state index in [1.165, 1.54) is 17.7 Å². The SMILES string of the molecule is Cn1nc(-c2ccc(F)cc2)c(-c2ccncc2)c1CCCc1ccc(N)cc1. The van der Waals surface area contributed by atoms with Crippen molar-refractivity contribution in [2.24, 2.45) is 7.05 Å². The van der Waals surface area contributed by atoms with E-state index in [0.717, 1.165) is 53.0 Å². The molecule has 0 atom stereocenters. The van der Waals surface area contributed by atoms with Gasteiger partial charge in [-0.05, 0) is 78.9 Å². The van der Waals surface area contributed by atoms with Gasteiger partial charge in [0.25, 0.3) is 0 Å². The Morgan fingerprint density at radius 1 is 0.862 bits per heavy atom. The maximum atomic E-state index is 13.4. The van der Waals surface area contributed by atoms with E-state index in [4.69, 9.17) is 10.8 Å². The Morgan fingerprint density at radius 3 is 2.24 bits per heavy atom. The highest BCUT2D eigenvalue weighted by Gasteiger charge is 2.19. The van der Waals surface area contributed by atoms with Gasteiger partial charge in [0, 0.05) is 41.9 Å². The van der Waals surface area contributed by atoms with Crippen LogP contribution in [0, 0.1) is 5.82 Å². The van der Waals surface area contributed by atoms with E-state index in [0.29, 0.717) is 0 Å². The molecule has 4 aromatic rings. The van der Waals surface area contributed by atoms with Crippen molar-refractivity contribution < 1.29 is 4.39 Å². The third-order valence-electron chi connectivity index (χ3n) is 5.11. The first kappa shape index (κ1) is 18.9. The lowest BCUT2D eigenvalue weighted by Crippen LogP contribution is -2.01. The van der Waals surface area contributed by atoms with Crippen molar-refractivity contribution in [3.05, 3.63) is 90.1 Å². The zero-order valence-electron chi connectivity index (χ0n) is 16.3. The lowest BCUT2D eigenvalue weighted by Gasteiger charge is -2.08. The number of nitrogens with two attached hydrogens (primary N) is 1. The number of benzene rings is 2. The van der Waals surface area contributed by atoms with Crippen molar-refractivity contribution in [2.75, 3.05) is 5.73 Å². The van der Waals surface area contributed by atoms with Crippen LogP contribution in [0.5, 0.6) is 0 Å². The standard InChI is InChI=1S/C24H23FN4/c1-29-22(4-2-3-17-5-11-21(26)12-6-17)23(18-13-15-27-16-14-18)24(28-29)19-7-9-20(25)10-8-19/h5-16H,2-4,26H2,1H3. The summed E-state index contributed by atoms with van der Waals surface area (Å²) in [7, 11) is 1.97. The van der Waals surface area contributed by atoms with E-state index in [1.54, 1.807) is 24.5 Å². The Balaban J connectivity index is 1.67. The van der Waals surface area contributed by atoms with Gasteiger partial charge in [-0.15, -0.1) is 0 Å². The molecule has 0 spiro atoms. The van der Waals surface area contributed by atoms with Crippen LogP contribution in [0.1, 0.15) is 17.7 Å². The number of rotatable bonds is 6. The van der Waals surface area contributed by atoms with E-state index in [9.17, 15) is 4.39 Å². The fourth-order valence-corrected chi connectivity index (χ4v) is 3.62. The zero-order chi connectivity index (χ0) is 20.2. The van der Waals surface area contributed by atoms with E-state index >= 15 is 0 Å². The topological polar surface area (TPSA) is 56.7 Å². The Hall–Kier alpha value is -3.47. The molecule has 2 heterocycles. The molecule has 2 aromatic heterocycles. The zero-order valence-corrected chi connectivity index (χ0v) is 16.3. The molecule has 0 fully saturated rings. The van der Waals surface area contributed by atoms with Crippen molar-refractivity contribution in [3.63, 3.8) is 0 Å². The van der Waals surface area contributed by atoms with E-state index in [2.05, 4.69) is 17.1 Å². The lowest BCUT2D eigenvalue weighted by atomic mass is 9.97. The largest absolute Gasteiger partial charge is 0.399 e. The number of pyridine rings is 1. The molecule has 0 aliphatic rings. The molecule has 4 rings (SSSR count). The number of nitrogens with zero attached hydrogens (tertiary/aromatic N) is 3. The summed E-state index contributed by atoms with van der Waals surface area (Å²) < 4.78 is 15.4. The fraction of sp³-hybridized carbons (Fsp3) is 0.167. The second kappa shape index (κ2) is 8.27. The van der Waals surface area contributed by atoms with Gasteiger partial charge in [0.1, 0.15) is 11.5 Å². The first-order chi connectivity index (χ1) is 14.1. The fourth-order valence-electron chi connectivity index (χ4n) is 3.62. The molecule has 5 heteroatoms. The second-order valence-electron chi connectivity index (χ2n) is 7.13. The average molecular weight is 386 g/mol. The molecule has 0 aliphatic carbocycles. The van der Waals surface area contributed by atoms with Crippen LogP contribution in [0.15, 0.2) is 73.1 Å². The van der Waals surface area contributed by atoms with Crippen LogP contribution >= 0.6 is 0 Å². The molecule has 0 amide bonds. The van der Waals surface area contributed by atoms with Gasteiger partial charge in [-0.3, -0.25) is 9.67 Å². The van der Waals surface area contributed by atoms with Crippen LogP contribution in [-0.2, 0) is 19.9 Å². The minimum atomic E-state index is -0.251. The Labute approximate surface area is 169 Å². The molecule has 0 radical (unpaired) electrons. The third-order valence-corrected chi connectivity index (χ3v) is 5.11. The van der Waals surface area contributed by atoms with Gasteiger partial charge in [0.15, 0.2) is 0 Å². The van der Waals surface area contributed by atoms with Crippen LogP contribution in [0.25, 0.3) is 22.4 Å². The van der Waals surface area contributed by atoms with Crippen LogP contribution in [-0.4, -0.2) is 14.8 Å². The molecule has 0 saturated heterocycles. The minimum absolute atomic E-state index is 0.251. The van der Waals surface area contributed by atoms with Crippen LogP contribution in [0.2, 0.25) is 0 Å². The van der Waals surface area contributed by atoms with Crippen LogP contribution in [0.4, 0.5) is 10.1 Å². The molecular weight excluding hydrogens is 363 g/mol. The van der Waals surface area contributed by atoms with E-state index < -0.39 is 0 Å². The summed E-state index contributed by atoms with van der Waals surface area (Å²) in [5, 5.41) is 4.78. The Bertz CT molecular complexity index is 1080. The molecule has 0 aliphatic heterocycles. The molecule has 0 unspecified atom stereocenters. The number of nitrogen functional groups attached to an aromatic ring is 1. The molecule has 0 bridgehead atoms. The number of anilines is 1. The molecule has 2 N–H and O–H groups in total. The van der Waals surface area contributed by atoms with Gasteiger partial charge in [-0.1, -0.05) is 12.1 Å². The number of halogens is 1. The van der Waals surface area contributed by atoms with Gasteiger partial charge >= 0.3 is 0 Å². The van der Waals surface area contributed by atoms with Crippen molar-refractivity contribution >= 4 is 5.69 Å². The van der Waals surface area contributed by atoms with Crippen molar-refractivity contribution in [3.8, 4) is 22.4 Å². The molecule has 2 aromatic carbocycles. The van der Waals surface area contributed by atoms with Crippen molar-refractivity contribution in [1.29, 1.82) is 0 Å². The maximum absolute atomic E-state index is 13.4. The lowest BCUT2D eigenvalue weighted by molar-refractivity contribution is 0.628. The van der Waals surface area contributed by atoms with Crippen LogP contribution < -0.4 is 5.73 Å². The summed E-state index contributed by atoms with van der Waals surface area (Å²) in [5.74, 6) is -0.251. The van der Waals surface area contributed by atoms with E-state index in [1.807, 2.05) is 36.0 Å². The monoisotopic (exact) mass is 386 g/mol. The van der Waals surface area contributed by atoms with E-state index in [-0.39, 0.29) is 5.82 Å². The van der Waals surface area contributed by atoms with Gasteiger partial charge in [0.2, 0.25) is 0 Å². The highest BCUT2D eigenvalue weighted by atomic mass is 19.1. The number of aryl methyl sites for hydroxylation is 2. The molecular formula is C24H23FN4. The van der Waals surface area contributed by atoms with Crippen LogP contribution in [0.3, 0.4) is 0 Å². The normalized spacial score (nSPS) is 11.0. The predicted octanol–water partition coefficient (Wildman–Crippen LogP) is 5.05. The summed E-state index contributed by atoms with van der Waals surface area (Å²) >= 11 is 0. The minimum Gasteiger partial charge on any atom is -0.399 e. The first-order valence-electron chi connectivity index (χ1n) is 9.68. The second-order valence-corrected chi connectivity index (χ2v) is 7.13. The molecule has 0 saturated carbocycles. The van der Waals surface area contributed by atoms with Gasteiger partial charge in [-0.25, -0.2) is 4.39 Å². The third kappa shape index (κ3) is 4.19. The summed E-state index contributed by atoms with van der Waals surface area (Å²) in [6.45, 7) is 0. The molecule has 146 valence electrons. The van der Waals surface area contributed by atoms with Gasteiger partial charge in [0.05, 0.1) is 0 Å². The average Bonchev–Trinajstić information content (AvgIpc) is 3.07. The Kier molecular flexibility index (Phi) is 5.38. The van der Waals surface area contributed by atoms with Gasteiger partial charge in [-0.2, -0.15) is 5.10 Å². The predicted molar refractivity (Wildman–Crippen MR) is 115 cm³/mol. The smallest absolute Gasteiger partial charge is 0.123 e. The van der Waals surface area contributed by atoms with Gasteiger partial charge < -0.3 is 5.73 Å². The molecule has 4 nitrogen and oxygen atoms in total. The Morgan fingerprint density at radius 2 is 1.55 bits per heavy atom. The number of hydrogen-bond acceptors (Lipinski definition) is 3. The quantitative estimate of drug-likeness (QED) is 0.472. The number of hydrogen-bond donors (Lipinski definition) is 1. The summed E-state index contributed by atoms with van der Waals surface area (Å²) in [5.41, 5.74) is 12.9. The first-order valence-corrected chi connectivity index (χ1v) is 9.68. The summed E-state index contributed by atoms with van der Waals surface area (Å²) in [4.78, 5) is 4.14. The summed E-state index contributed by atoms with van der Waals surface area (Å²) in [6.07, 6.45) is 6.41. The maximum Gasteiger partial charge on any atom is 0.123 e. The highest BCUT2D eigenvalue weighted by Crippen LogP contribution is 2.35.